The maximum absolute atomic E-state index is 5.53. The van der Waals surface area contributed by atoms with Crippen LogP contribution in [-0.2, 0) is 11.3 Å². The van der Waals surface area contributed by atoms with E-state index in [4.69, 9.17) is 4.74 Å². The van der Waals surface area contributed by atoms with Gasteiger partial charge in [-0.15, -0.1) is 0 Å². The van der Waals surface area contributed by atoms with Crippen molar-refractivity contribution >= 4 is 0 Å². The first-order chi connectivity index (χ1) is 7.63. The Morgan fingerprint density at radius 1 is 1.38 bits per heavy atom. The van der Waals surface area contributed by atoms with Crippen LogP contribution in [0.25, 0.3) is 0 Å². The van der Waals surface area contributed by atoms with Crippen LogP contribution in [0.3, 0.4) is 0 Å². The van der Waals surface area contributed by atoms with Crippen LogP contribution in [0, 0.1) is 0 Å². The lowest BCUT2D eigenvalue weighted by Gasteiger charge is -2.10. The molecular weight excluding hydrogens is 200 g/mol. The maximum Gasteiger partial charge on any atom is 0.0648 e. The molecule has 0 spiro atoms. The third-order valence-corrected chi connectivity index (χ3v) is 2.58. The highest BCUT2D eigenvalue weighted by molar-refractivity contribution is 5.14. The van der Waals surface area contributed by atoms with Gasteiger partial charge in [0.2, 0.25) is 0 Å². The molecule has 1 aromatic rings. The van der Waals surface area contributed by atoms with Gasteiger partial charge in [0.25, 0.3) is 0 Å². The lowest BCUT2D eigenvalue weighted by Crippen LogP contribution is -2.17. The van der Waals surface area contributed by atoms with Crippen molar-refractivity contribution in [2.24, 2.45) is 0 Å². The van der Waals surface area contributed by atoms with E-state index in [0.717, 1.165) is 19.7 Å². The third kappa shape index (κ3) is 4.37. The number of nitrogens with one attached hydrogen (secondary N) is 1. The van der Waals surface area contributed by atoms with Crippen molar-refractivity contribution in [2.45, 2.75) is 46.4 Å². The summed E-state index contributed by atoms with van der Waals surface area (Å²) in [5, 5.41) is 3.40. The lowest BCUT2D eigenvalue weighted by molar-refractivity contribution is 0.0728. The predicted molar refractivity (Wildman–Crippen MR) is 67.6 cm³/mol. The van der Waals surface area contributed by atoms with E-state index < -0.39 is 0 Å². The molecule has 1 atom stereocenters. The van der Waals surface area contributed by atoms with Crippen LogP contribution in [0.4, 0.5) is 0 Å². The van der Waals surface area contributed by atoms with Gasteiger partial charge in [0, 0.05) is 25.0 Å². The van der Waals surface area contributed by atoms with Crippen LogP contribution >= 0.6 is 0 Å². The van der Waals surface area contributed by atoms with Gasteiger partial charge in [-0.25, -0.2) is 0 Å². The van der Waals surface area contributed by atoms with Gasteiger partial charge in [0.1, 0.15) is 0 Å². The van der Waals surface area contributed by atoms with E-state index in [1.165, 1.54) is 5.56 Å². The average molecular weight is 224 g/mol. The number of rotatable bonds is 7. The third-order valence-electron chi connectivity index (χ3n) is 2.58. The first-order valence-corrected chi connectivity index (χ1v) is 6.14. The van der Waals surface area contributed by atoms with Crippen LogP contribution < -0.4 is 5.32 Å². The fourth-order valence-electron chi connectivity index (χ4n) is 1.67. The van der Waals surface area contributed by atoms with Crippen LogP contribution in [0.15, 0.2) is 18.5 Å². The van der Waals surface area contributed by atoms with Gasteiger partial charge in [-0.1, -0.05) is 6.92 Å². The molecule has 0 aliphatic rings. The Morgan fingerprint density at radius 2 is 2.12 bits per heavy atom. The molecule has 0 aliphatic carbocycles. The van der Waals surface area contributed by atoms with E-state index in [1.807, 2.05) is 0 Å². The second-order valence-electron chi connectivity index (χ2n) is 4.38. The molecule has 3 heteroatoms. The van der Waals surface area contributed by atoms with Gasteiger partial charge >= 0.3 is 0 Å². The zero-order chi connectivity index (χ0) is 12.0. The van der Waals surface area contributed by atoms with Crippen LogP contribution in [0.5, 0.6) is 0 Å². The monoisotopic (exact) mass is 224 g/mol. The highest BCUT2D eigenvalue weighted by Crippen LogP contribution is 2.12. The van der Waals surface area contributed by atoms with Gasteiger partial charge in [-0.2, -0.15) is 0 Å². The topological polar surface area (TPSA) is 26.2 Å². The minimum absolute atomic E-state index is 0.315. The molecule has 0 fully saturated rings. The molecule has 92 valence electrons. The smallest absolute Gasteiger partial charge is 0.0648 e. The minimum atomic E-state index is 0.315. The number of hydrogen-bond donors (Lipinski definition) is 1. The summed E-state index contributed by atoms with van der Waals surface area (Å²) in [6, 6.07) is 2.60. The second kappa shape index (κ2) is 6.71. The number of ether oxygens (including phenoxy) is 1. The SMILES string of the molecule is CCNC(C)c1ccn(CCOC(C)C)c1. The molecule has 1 rings (SSSR count). The van der Waals surface area contributed by atoms with Crippen molar-refractivity contribution in [3.63, 3.8) is 0 Å². The molecule has 1 N–H and O–H groups in total. The highest BCUT2D eigenvalue weighted by Gasteiger charge is 2.05. The van der Waals surface area contributed by atoms with Crippen molar-refractivity contribution in [1.29, 1.82) is 0 Å². The number of nitrogens with zero attached hydrogens (tertiary/aromatic N) is 1. The molecule has 0 saturated carbocycles. The fourth-order valence-corrected chi connectivity index (χ4v) is 1.67. The second-order valence-corrected chi connectivity index (χ2v) is 4.38. The predicted octanol–water partition coefficient (Wildman–Crippen LogP) is 2.58. The number of aromatic nitrogens is 1. The summed E-state index contributed by atoms with van der Waals surface area (Å²) >= 11 is 0. The van der Waals surface area contributed by atoms with Crippen molar-refractivity contribution in [3.05, 3.63) is 24.0 Å². The molecule has 1 unspecified atom stereocenters. The molecule has 16 heavy (non-hydrogen) atoms. The first-order valence-electron chi connectivity index (χ1n) is 6.14. The molecule has 0 bridgehead atoms. The Balaban J connectivity index is 2.39. The molecule has 3 nitrogen and oxygen atoms in total. The van der Waals surface area contributed by atoms with E-state index in [2.05, 4.69) is 56.0 Å². The number of hydrogen-bond acceptors (Lipinski definition) is 2. The summed E-state index contributed by atoms with van der Waals surface area (Å²) in [7, 11) is 0. The van der Waals surface area contributed by atoms with Gasteiger partial charge in [0.15, 0.2) is 0 Å². The van der Waals surface area contributed by atoms with E-state index >= 15 is 0 Å². The Kier molecular flexibility index (Phi) is 5.56. The van der Waals surface area contributed by atoms with E-state index in [0.29, 0.717) is 12.1 Å². The summed E-state index contributed by atoms with van der Waals surface area (Å²) in [6.07, 6.45) is 4.62. The van der Waals surface area contributed by atoms with Gasteiger partial charge in [-0.3, -0.25) is 0 Å². The summed E-state index contributed by atoms with van der Waals surface area (Å²) in [5.41, 5.74) is 1.34. The largest absolute Gasteiger partial charge is 0.377 e. The molecule has 0 amide bonds. The van der Waals surface area contributed by atoms with Crippen molar-refractivity contribution in [2.75, 3.05) is 13.2 Å². The maximum atomic E-state index is 5.53. The molecule has 0 aliphatic heterocycles. The fraction of sp³-hybridized carbons (Fsp3) is 0.692. The average Bonchev–Trinajstić information content (AvgIpc) is 2.66. The molecular formula is C13H24N2O. The van der Waals surface area contributed by atoms with E-state index in [1.54, 1.807) is 0 Å². The summed E-state index contributed by atoms with van der Waals surface area (Å²) in [5.74, 6) is 0. The van der Waals surface area contributed by atoms with Gasteiger partial charge in [0.05, 0.1) is 12.7 Å². The Labute approximate surface area is 98.8 Å². The zero-order valence-electron chi connectivity index (χ0n) is 10.9. The first kappa shape index (κ1) is 13.3. The van der Waals surface area contributed by atoms with Crippen molar-refractivity contribution in [1.82, 2.24) is 9.88 Å². The highest BCUT2D eigenvalue weighted by atomic mass is 16.5. The summed E-state index contributed by atoms with van der Waals surface area (Å²) in [6.45, 7) is 11.2. The van der Waals surface area contributed by atoms with E-state index in [-0.39, 0.29) is 0 Å². The Morgan fingerprint density at radius 3 is 2.75 bits per heavy atom. The molecule has 0 aromatic carbocycles. The quantitative estimate of drug-likeness (QED) is 0.770. The zero-order valence-corrected chi connectivity index (χ0v) is 10.9. The molecule has 1 aromatic heterocycles. The van der Waals surface area contributed by atoms with Crippen LogP contribution in [0.2, 0.25) is 0 Å². The standard InChI is InChI=1S/C13H24N2O/c1-5-14-12(4)13-6-7-15(10-13)8-9-16-11(2)3/h6-7,10-12,14H,5,8-9H2,1-4H3. The Hall–Kier alpha value is -0.800. The molecule has 0 saturated heterocycles. The normalized spacial score (nSPS) is 13.3. The minimum Gasteiger partial charge on any atom is -0.377 e. The summed E-state index contributed by atoms with van der Waals surface area (Å²) in [4.78, 5) is 0. The summed E-state index contributed by atoms with van der Waals surface area (Å²) < 4.78 is 7.71. The molecule has 1 heterocycles. The Bertz CT molecular complexity index is 294. The van der Waals surface area contributed by atoms with Gasteiger partial charge < -0.3 is 14.6 Å². The molecule has 0 radical (unpaired) electrons. The van der Waals surface area contributed by atoms with Crippen LogP contribution in [-0.4, -0.2) is 23.8 Å². The lowest BCUT2D eigenvalue weighted by atomic mass is 10.2. The van der Waals surface area contributed by atoms with Crippen LogP contribution in [0.1, 0.15) is 39.3 Å². The van der Waals surface area contributed by atoms with Gasteiger partial charge in [-0.05, 0) is 38.9 Å². The van der Waals surface area contributed by atoms with Crippen molar-refractivity contribution < 1.29 is 4.74 Å². The van der Waals surface area contributed by atoms with E-state index in [9.17, 15) is 0 Å². The van der Waals surface area contributed by atoms with Crippen molar-refractivity contribution in [3.8, 4) is 0 Å².